The molecule has 0 spiro atoms. The van der Waals surface area contributed by atoms with Crippen LogP contribution in [0.5, 0.6) is 0 Å². The number of aliphatic imine (C=N–C) groups is 1. The minimum Gasteiger partial charge on any atom is -0.369 e. The minimum absolute atomic E-state index is 0.220. The summed E-state index contributed by atoms with van der Waals surface area (Å²) < 4.78 is 12.7. The molecular weight excluding hydrogens is 155 g/mol. The normalized spacial score (nSPS) is 20.0. The fourth-order valence-corrected chi connectivity index (χ4v) is 1.30. The molecule has 1 unspecified atom stereocenters. The fourth-order valence-electron chi connectivity index (χ4n) is 1.30. The Morgan fingerprint density at radius 3 is 3.17 bits per heavy atom. The Hall–Kier alpha value is -1.38. The number of fused-ring (bicyclic) bond motifs is 1. The Kier molecular flexibility index (Phi) is 1.57. The van der Waals surface area contributed by atoms with Crippen molar-refractivity contribution in [3.63, 3.8) is 0 Å². The van der Waals surface area contributed by atoms with Gasteiger partial charge >= 0.3 is 0 Å². The van der Waals surface area contributed by atoms with Gasteiger partial charge in [-0.2, -0.15) is 0 Å². The quantitative estimate of drug-likeness (QED) is 0.624. The Bertz CT molecular complexity index is 333. The lowest BCUT2D eigenvalue weighted by Crippen LogP contribution is -2.19. The molecule has 0 bridgehead atoms. The third-order valence-electron chi connectivity index (χ3n) is 1.99. The molecule has 1 heterocycles. The van der Waals surface area contributed by atoms with Crippen molar-refractivity contribution in [1.29, 1.82) is 0 Å². The SMILES string of the molecule is CC1NC=Nc2cc(F)ccc21. The summed E-state index contributed by atoms with van der Waals surface area (Å²) in [6.07, 6.45) is 1.60. The van der Waals surface area contributed by atoms with Crippen LogP contribution in [0.3, 0.4) is 0 Å². The minimum atomic E-state index is -0.236. The van der Waals surface area contributed by atoms with E-state index in [1.165, 1.54) is 12.1 Å². The summed E-state index contributed by atoms with van der Waals surface area (Å²) in [4.78, 5) is 4.03. The fraction of sp³-hybridized carbons (Fsp3) is 0.222. The number of nitrogens with zero attached hydrogens (tertiary/aromatic N) is 1. The first kappa shape index (κ1) is 7.28. The van der Waals surface area contributed by atoms with E-state index in [0.717, 1.165) is 11.3 Å². The van der Waals surface area contributed by atoms with Crippen LogP contribution in [-0.4, -0.2) is 6.34 Å². The Balaban J connectivity index is 2.55. The second-order valence-corrected chi connectivity index (χ2v) is 2.85. The molecular formula is C9H9FN2. The molecule has 62 valence electrons. The topological polar surface area (TPSA) is 24.4 Å². The number of benzene rings is 1. The molecule has 0 saturated carbocycles. The Morgan fingerprint density at radius 2 is 2.33 bits per heavy atom. The maximum absolute atomic E-state index is 12.7. The third-order valence-corrected chi connectivity index (χ3v) is 1.99. The van der Waals surface area contributed by atoms with Gasteiger partial charge in [-0.1, -0.05) is 6.07 Å². The molecule has 1 aromatic carbocycles. The number of hydrogen-bond donors (Lipinski definition) is 1. The van der Waals surface area contributed by atoms with E-state index < -0.39 is 0 Å². The van der Waals surface area contributed by atoms with Crippen molar-refractivity contribution in [3.05, 3.63) is 29.6 Å². The smallest absolute Gasteiger partial charge is 0.125 e. The van der Waals surface area contributed by atoms with Gasteiger partial charge in [0.15, 0.2) is 0 Å². The second kappa shape index (κ2) is 2.59. The third kappa shape index (κ3) is 1.07. The van der Waals surface area contributed by atoms with Crippen LogP contribution < -0.4 is 5.32 Å². The van der Waals surface area contributed by atoms with E-state index in [0.29, 0.717) is 0 Å². The first-order valence-electron chi connectivity index (χ1n) is 3.85. The Labute approximate surface area is 70.1 Å². The van der Waals surface area contributed by atoms with Gasteiger partial charge in [-0.25, -0.2) is 9.38 Å². The van der Waals surface area contributed by atoms with Crippen molar-refractivity contribution in [2.45, 2.75) is 13.0 Å². The van der Waals surface area contributed by atoms with Crippen LogP contribution in [0.2, 0.25) is 0 Å². The van der Waals surface area contributed by atoms with Crippen LogP contribution in [0.4, 0.5) is 10.1 Å². The van der Waals surface area contributed by atoms with Crippen molar-refractivity contribution in [1.82, 2.24) is 5.32 Å². The molecule has 1 aromatic rings. The van der Waals surface area contributed by atoms with Gasteiger partial charge < -0.3 is 5.32 Å². The molecule has 1 atom stereocenters. The van der Waals surface area contributed by atoms with Crippen LogP contribution in [-0.2, 0) is 0 Å². The molecule has 2 rings (SSSR count). The van der Waals surface area contributed by atoms with Crippen LogP contribution in [0.15, 0.2) is 23.2 Å². The van der Waals surface area contributed by atoms with Gasteiger partial charge in [0.1, 0.15) is 5.82 Å². The highest BCUT2D eigenvalue weighted by Crippen LogP contribution is 2.27. The van der Waals surface area contributed by atoms with E-state index in [2.05, 4.69) is 10.3 Å². The predicted molar refractivity (Wildman–Crippen MR) is 46.1 cm³/mol. The number of rotatable bonds is 0. The Morgan fingerprint density at radius 1 is 1.50 bits per heavy atom. The highest BCUT2D eigenvalue weighted by atomic mass is 19.1. The molecule has 0 saturated heterocycles. The summed E-state index contributed by atoms with van der Waals surface area (Å²) >= 11 is 0. The van der Waals surface area contributed by atoms with Crippen molar-refractivity contribution in [2.75, 3.05) is 0 Å². The summed E-state index contributed by atoms with van der Waals surface area (Å²) in [6.45, 7) is 2.02. The zero-order valence-electron chi connectivity index (χ0n) is 6.71. The van der Waals surface area contributed by atoms with Crippen molar-refractivity contribution >= 4 is 12.0 Å². The van der Waals surface area contributed by atoms with E-state index in [-0.39, 0.29) is 11.9 Å². The van der Waals surface area contributed by atoms with Gasteiger partial charge in [0.05, 0.1) is 18.1 Å². The van der Waals surface area contributed by atoms with E-state index >= 15 is 0 Å². The average molecular weight is 164 g/mol. The number of nitrogens with one attached hydrogen (secondary N) is 1. The maximum atomic E-state index is 12.7. The number of hydrogen-bond acceptors (Lipinski definition) is 2. The lowest BCUT2D eigenvalue weighted by atomic mass is 10.1. The van der Waals surface area contributed by atoms with Gasteiger partial charge in [-0.3, -0.25) is 0 Å². The molecule has 1 aliphatic heterocycles. The lowest BCUT2D eigenvalue weighted by molar-refractivity contribution is 0.624. The lowest BCUT2D eigenvalue weighted by Gasteiger charge is -2.18. The zero-order valence-corrected chi connectivity index (χ0v) is 6.71. The molecule has 1 N–H and O–H groups in total. The monoisotopic (exact) mass is 164 g/mol. The summed E-state index contributed by atoms with van der Waals surface area (Å²) in [5.41, 5.74) is 1.76. The summed E-state index contributed by atoms with van der Waals surface area (Å²) in [5, 5.41) is 3.04. The molecule has 2 nitrogen and oxygen atoms in total. The van der Waals surface area contributed by atoms with Crippen LogP contribution >= 0.6 is 0 Å². The molecule has 12 heavy (non-hydrogen) atoms. The number of halogens is 1. The van der Waals surface area contributed by atoms with Gasteiger partial charge in [0, 0.05) is 0 Å². The van der Waals surface area contributed by atoms with E-state index in [1.54, 1.807) is 12.4 Å². The second-order valence-electron chi connectivity index (χ2n) is 2.85. The molecule has 0 amide bonds. The van der Waals surface area contributed by atoms with Crippen molar-refractivity contribution in [3.8, 4) is 0 Å². The van der Waals surface area contributed by atoms with E-state index in [4.69, 9.17) is 0 Å². The molecule has 0 fully saturated rings. The maximum Gasteiger partial charge on any atom is 0.125 e. The van der Waals surface area contributed by atoms with Gasteiger partial charge in [-0.15, -0.1) is 0 Å². The predicted octanol–water partition coefficient (Wildman–Crippen LogP) is 2.15. The average Bonchev–Trinajstić information content (AvgIpc) is 2.04. The first-order chi connectivity index (χ1) is 5.77. The van der Waals surface area contributed by atoms with E-state index in [9.17, 15) is 4.39 Å². The van der Waals surface area contributed by atoms with Gasteiger partial charge in [0.2, 0.25) is 0 Å². The molecule has 1 aliphatic rings. The zero-order chi connectivity index (χ0) is 8.55. The van der Waals surface area contributed by atoms with Crippen LogP contribution in [0.1, 0.15) is 18.5 Å². The van der Waals surface area contributed by atoms with Crippen LogP contribution in [0, 0.1) is 5.82 Å². The summed E-state index contributed by atoms with van der Waals surface area (Å²) in [6, 6.07) is 4.89. The van der Waals surface area contributed by atoms with Crippen molar-refractivity contribution in [2.24, 2.45) is 4.99 Å². The standard InChI is InChI=1S/C9H9FN2/c1-6-8-3-2-7(10)4-9(8)12-5-11-6/h2-6H,1H3,(H,11,12). The highest BCUT2D eigenvalue weighted by Gasteiger charge is 2.12. The first-order valence-corrected chi connectivity index (χ1v) is 3.85. The van der Waals surface area contributed by atoms with Crippen LogP contribution in [0.25, 0.3) is 0 Å². The molecule has 0 radical (unpaired) electrons. The molecule has 0 aromatic heterocycles. The highest BCUT2D eigenvalue weighted by molar-refractivity contribution is 5.67. The van der Waals surface area contributed by atoms with Crippen molar-refractivity contribution < 1.29 is 4.39 Å². The van der Waals surface area contributed by atoms with E-state index in [1.807, 2.05) is 6.92 Å². The largest absolute Gasteiger partial charge is 0.369 e. The van der Waals surface area contributed by atoms with Gasteiger partial charge in [-0.05, 0) is 24.6 Å². The summed E-state index contributed by atoms with van der Waals surface area (Å²) in [5.74, 6) is -0.236. The molecule has 3 heteroatoms. The summed E-state index contributed by atoms with van der Waals surface area (Å²) in [7, 11) is 0. The van der Waals surface area contributed by atoms with Gasteiger partial charge in [0.25, 0.3) is 0 Å². The molecule has 0 aliphatic carbocycles.